The van der Waals surface area contributed by atoms with Crippen molar-refractivity contribution in [3.8, 4) is 11.5 Å². The minimum absolute atomic E-state index is 0.309. The molecule has 2 aromatic carbocycles. The summed E-state index contributed by atoms with van der Waals surface area (Å²) < 4.78 is 10.7. The average molecular weight is 312 g/mol. The van der Waals surface area contributed by atoms with Crippen molar-refractivity contribution in [1.82, 2.24) is 5.43 Å². The quantitative estimate of drug-likeness (QED) is 0.659. The normalized spacial score (nSPS) is 12.0. The highest BCUT2D eigenvalue weighted by atomic mass is 16.5. The number of aryl methyl sites for hydroxylation is 1. The maximum atomic E-state index is 12.0. The largest absolute Gasteiger partial charge is 0.497 e. The Balaban J connectivity index is 1.86. The van der Waals surface area contributed by atoms with E-state index in [-0.39, 0.29) is 5.91 Å². The van der Waals surface area contributed by atoms with E-state index in [0.29, 0.717) is 5.75 Å². The molecular formula is C18H20N2O3. The molecule has 0 saturated heterocycles. The van der Waals surface area contributed by atoms with Crippen molar-refractivity contribution in [3.05, 3.63) is 59.7 Å². The van der Waals surface area contributed by atoms with E-state index in [1.807, 2.05) is 55.5 Å². The molecule has 120 valence electrons. The first-order valence-corrected chi connectivity index (χ1v) is 7.29. The number of rotatable bonds is 6. The van der Waals surface area contributed by atoms with Crippen molar-refractivity contribution in [3.63, 3.8) is 0 Å². The lowest BCUT2D eigenvalue weighted by Gasteiger charge is -2.13. The highest BCUT2D eigenvalue weighted by molar-refractivity contribution is 5.84. The van der Waals surface area contributed by atoms with Gasteiger partial charge in [-0.2, -0.15) is 5.10 Å². The predicted octanol–water partition coefficient (Wildman–Crippen LogP) is 2.92. The van der Waals surface area contributed by atoms with Gasteiger partial charge in [0.1, 0.15) is 11.5 Å². The van der Waals surface area contributed by atoms with E-state index in [0.717, 1.165) is 16.9 Å². The lowest BCUT2D eigenvalue weighted by Crippen LogP contribution is -2.33. The molecule has 0 aliphatic rings. The zero-order chi connectivity index (χ0) is 16.7. The van der Waals surface area contributed by atoms with Crippen molar-refractivity contribution >= 4 is 12.1 Å². The molecule has 0 bridgehead atoms. The molecule has 0 aliphatic carbocycles. The van der Waals surface area contributed by atoms with E-state index in [9.17, 15) is 4.79 Å². The van der Waals surface area contributed by atoms with Crippen LogP contribution in [-0.2, 0) is 4.79 Å². The fourth-order valence-electron chi connectivity index (χ4n) is 1.90. The Morgan fingerprint density at radius 1 is 1.17 bits per heavy atom. The molecule has 0 unspecified atom stereocenters. The lowest BCUT2D eigenvalue weighted by atomic mass is 10.2. The van der Waals surface area contributed by atoms with Crippen LogP contribution >= 0.6 is 0 Å². The number of hydrogen-bond acceptors (Lipinski definition) is 4. The number of amides is 1. The highest BCUT2D eigenvalue weighted by Crippen LogP contribution is 2.14. The van der Waals surface area contributed by atoms with Crippen LogP contribution in [0, 0.1) is 6.92 Å². The van der Waals surface area contributed by atoms with Crippen LogP contribution in [0.3, 0.4) is 0 Å². The Hall–Kier alpha value is -2.82. The van der Waals surface area contributed by atoms with Crippen LogP contribution in [0.2, 0.25) is 0 Å². The molecule has 2 aromatic rings. The van der Waals surface area contributed by atoms with Crippen LogP contribution in [0.15, 0.2) is 53.6 Å². The first-order valence-electron chi connectivity index (χ1n) is 7.29. The minimum atomic E-state index is -0.634. The number of carbonyl (C=O) groups is 1. The predicted molar refractivity (Wildman–Crippen MR) is 90.0 cm³/mol. The SMILES string of the molecule is COc1ccc(/C=N/NC(=O)[C@@H](C)Oc2cccc(C)c2)cc1. The van der Waals surface area contributed by atoms with Crippen molar-refractivity contribution in [1.29, 1.82) is 0 Å². The molecular weight excluding hydrogens is 292 g/mol. The second kappa shape index (κ2) is 7.98. The van der Waals surface area contributed by atoms with Gasteiger partial charge in [-0.05, 0) is 61.4 Å². The summed E-state index contributed by atoms with van der Waals surface area (Å²) in [5, 5.41) is 3.93. The molecule has 0 fully saturated rings. The first-order chi connectivity index (χ1) is 11.1. The molecule has 0 aromatic heterocycles. The minimum Gasteiger partial charge on any atom is -0.497 e. The van der Waals surface area contributed by atoms with Gasteiger partial charge in [-0.15, -0.1) is 0 Å². The summed E-state index contributed by atoms with van der Waals surface area (Å²) in [6.07, 6.45) is 0.932. The van der Waals surface area contributed by atoms with Crippen LogP contribution in [-0.4, -0.2) is 25.3 Å². The fourth-order valence-corrected chi connectivity index (χ4v) is 1.90. The topological polar surface area (TPSA) is 59.9 Å². The molecule has 5 nitrogen and oxygen atoms in total. The van der Waals surface area contributed by atoms with Gasteiger partial charge in [0.05, 0.1) is 13.3 Å². The number of benzene rings is 2. The third kappa shape index (κ3) is 5.14. The molecule has 1 N–H and O–H groups in total. The number of nitrogens with zero attached hydrogens (tertiary/aromatic N) is 1. The second-order valence-electron chi connectivity index (χ2n) is 5.08. The van der Waals surface area contributed by atoms with Crippen molar-refractivity contribution in [2.45, 2.75) is 20.0 Å². The number of hydrogen-bond donors (Lipinski definition) is 1. The van der Waals surface area contributed by atoms with E-state index in [1.54, 1.807) is 20.2 Å². The Bertz CT molecular complexity index is 681. The molecule has 0 heterocycles. The molecule has 0 saturated carbocycles. The Morgan fingerprint density at radius 2 is 1.91 bits per heavy atom. The second-order valence-corrected chi connectivity index (χ2v) is 5.08. The van der Waals surface area contributed by atoms with E-state index < -0.39 is 6.10 Å². The van der Waals surface area contributed by atoms with Crippen LogP contribution < -0.4 is 14.9 Å². The van der Waals surface area contributed by atoms with Gasteiger partial charge in [0.2, 0.25) is 0 Å². The monoisotopic (exact) mass is 312 g/mol. The summed E-state index contributed by atoms with van der Waals surface area (Å²) in [7, 11) is 1.61. The molecule has 2 rings (SSSR count). The van der Waals surface area contributed by atoms with Gasteiger partial charge in [0.25, 0.3) is 5.91 Å². The van der Waals surface area contributed by atoms with Gasteiger partial charge in [-0.25, -0.2) is 5.43 Å². The molecule has 23 heavy (non-hydrogen) atoms. The molecule has 0 spiro atoms. The third-order valence-electron chi connectivity index (χ3n) is 3.18. The van der Waals surface area contributed by atoms with Crippen molar-refractivity contribution in [2.24, 2.45) is 5.10 Å². The smallest absolute Gasteiger partial charge is 0.280 e. The van der Waals surface area contributed by atoms with Gasteiger partial charge < -0.3 is 9.47 Å². The Kier molecular flexibility index (Phi) is 5.74. The zero-order valence-electron chi connectivity index (χ0n) is 13.4. The van der Waals surface area contributed by atoms with Gasteiger partial charge in [-0.3, -0.25) is 4.79 Å². The summed E-state index contributed by atoms with van der Waals surface area (Å²) in [5.74, 6) is 1.12. The van der Waals surface area contributed by atoms with Gasteiger partial charge >= 0.3 is 0 Å². The molecule has 1 atom stereocenters. The summed E-state index contributed by atoms with van der Waals surface area (Å²) in [6.45, 7) is 3.65. The number of methoxy groups -OCH3 is 1. The Morgan fingerprint density at radius 3 is 2.57 bits per heavy atom. The molecule has 1 amide bonds. The molecule has 0 aliphatic heterocycles. The van der Waals surface area contributed by atoms with Crippen molar-refractivity contribution in [2.75, 3.05) is 7.11 Å². The standard InChI is InChI=1S/C18H20N2O3/c1-13-5-4-6-17(11-13)23-14(2)18(21)20-19-12-15-7-9-16(22-3)10-8-15/h4-12,14H,1-3H3,(H,20,21)/b19-12+/t14-/m1/s1. The third-order valence-corrected chi connectivity index (χ3v) is 3.18. The summed E-state index contributed by atoms with van der Waals surface area (Å²) in [5.41, 5.74) is 4.40. The van der Waals surface area contributed by atoms with Crippen LogP contribution in [0.4, 0.5) is 0 Å². The number of ether oxygens (including phenoxy) is 2. The van der Waals surface area contributed by atoms with E-state index >= 15 is 0 Å². The maximum Gasteiger partial charge on any atom is 0.280 e. The van der Waals surface area contributed by atoms with Crippen LogP contribution in [0.1, 0.15) is 18.1 Å². The number of nitrogens with one attached hydrogen (secondary N) is 1. The summed E-state index contributed by atoms with van der Waals surface area (Å²) >= 11 is 0. The summed E-state index contributed by atoms with van der Waals surface area (Å²) in [6, 6.07) is 14.9. The van der Waals surface area contributed by atoms with E-state index in [1.165, 1.54) is 0 Å². The lowest BCUT2D eigenvalue weighted by molar-refractivity contribution is -0.127. The van der Waals surface area contributed by atoms with Gasteiger partial charge in [-0.1, -0.05) is 12.1 Å². The van der Waals surface area contributed by atoms with Gasteiger partial charge in [0, 0.05) is 0 Å². The van der Waals surface area contributed by atoms with Gasteiger partial charge in [0.15, 0.2) is 6.10 Å². The Labute approximate surface area is 135 Å². The number of carbonyl (C=O) groups excluding carboxylic acids is 1. The first kappa shape index (κ1) is 16.5. The molecule has 5 heteroatoms. The van der Waals surface area contributed by atoms with Crippen molar-refractivity contribution < 1.29 is 14.3 Å². The van der Waals surface area contributed by atoms with E-state index in [2.05, 4.69) is 10.5 Å². The zero-order valence-corrected chi connectivity index (χ0v) is 13.4. The number of hydrazone groups is 1. The highest BCUT2D eigenvalue weighted by Gasteiger charge is 2.13. The maximum absolute atomic E-state index is 12.0. The molecule has 0 radical (unpaired) electrons. The van der Waals surface area contributed by atoms with Crippen LogP contribution in [0.5, 0.6) is 11.5 Å². The fraction of sp³-hybridized carbons (Fsp3) is 0.222. The van der Waals surface area contributed by atoms with Crippen LogP contribution in [0.25, 0.3) is 0 Å². The van der Waals surface area contributed by atoms with E-state index in [4.69, 9.17) is 9.47 Å². The average Bonchev–Trinajstić information content (AvgIpc) is 2.55. The summed E-state index contributed by atoms with van der Waals surface area (Å²) in [4.78, 5) is 12.0.